The molecule has 2 aromatic carbocycles. The smallest absolute Gasteiger partial charge is 0.119 e. The summed E-state index contributed by atoms with van der Waals surface area (Å²) in [6.07, 6.45) is -0.437. The number of rotatable bonds is 4. The Balaban J connectivity index is 2.24. The van der Waals surface area contributed by atoms with Crippen LogP contribution in [0.5, 0.6) is 5.75 Å². The van der Waals surface area contributed by atoms with Gasteiger partial charge in [-0.15, -0.1) is 0 Å². The Labute approximate surface area is 121 Å². The zero-order chi connectivity index (χ0) is 14.7. The van der Waals surface area contributed by atoms with Gasteiger partial charge in [-0.05, 0) is 56.5 Å². The third-order valence-corrected chi connectivity index (χ3v) is 3.30. The van der Waals surface area contributed by atoms with Crippen LogP contribution in [0.2, 0.25) is 0 Å². The second-order valence-electron chi connectivity index (χ2n) is 5.50. The summed E-state index contributed by atoms with van der Waals surface area (Å²) in [5.74, 6) is 0.830. The van der Waals surface area contributed by atoms with E-state index in [0.29, 0.717) is 0 Å². The molecule has 0 saturated carbocycles. The first-order valence-corrected chi connectivity index (χ1v) is 6.99. The average molecular weight is 270 g/mol. The van der Waals surface area contributed by atoms with Crippen LogP contribution in [0.3, 0.4) is 0 Å². The highest BCUT2D eigenvalue weighted by molar-refractivity contribution is 5.39. The first kappa shape index (κ1) is 14.6. The zero-order valence-electron chi connectivity index (χ0n) is 12.6. The molecule has 0 amide bonds. The Morgan fingerprint density at radius 2 is 1.60 bits per heavy atom. The minimum absolute atomic E-state index is 0.157. The van der Waals surface area contributed by atoms with Gasteiger partial charge in [0.2, 0.25) is 0 Å². The SMILES string of the molecule is Cc1ccc(C)c(C(O)c2ccc(OC(C)C)cc2)c1. The predicted molar refractivity (Wildman–Crippen MR) is 82.2 cm³/mol. The van der Waals surface area contributed by atoms with Gasteiger partial charge in [-0.25, -0.2) is 0 Å². The summed E-state index contributed by atoms with van der Waals surface area (Å²) < 4.78 is 5.62. The van der Waals surface area contributed by atoms with Crippen LogP contribution >= 0.6 is 0 Å². The fraction of sp³-hybridized carbons (Fsp3) is 0.333. The maximum absolute atomic E-state index is 10.5. The van der Waals surface area contributed by atoms with Gasteiger partial charge in [-0.1, -0.05) is 35.9 Å². The van der Waals surface area contributed by atoms with Crippen LogP contribution in [-0.4, -0.2) is 11.2 Å². The molecule has 2 nitrogen and oxygen atoms in total. The van der Waals surface area contributed by atoms with Crippen molar-refractivity contribution in [3.8, 4) is 5.75 Å². The number of ether oxygens (including phenoxy) is 1. The maximum atomic E-state index is 10.5. The highest BCUT2D eigenvalue weighted by atomic mass is 16.5. The van der Waals surface area contributed by atoms with Crippen molar-refractivity contribution in [2.24, 2.45) is 0 Å². The second kappa shape index (κ2) is 6.10. The number of hydrogen-bond donors (Lipinski definition) is 1. The van der Waals surface area contributed by atoms with Gasteiger partial charge in [0.15, 0.2) is 0 Å². The Kier molecular flexibility index (Phi) is 4.46. The van der Waals surface area contributed by atoms with Crippen molar-refractivity contribution in [1.82, 2.24) is 0 Å². The first-order valence-electron chi connectivity index (χ1n) is 6.99. The molecular formula is C18H22O2. The molecule has 0 heterocycles. The van der Waals surface area contributed by atoms with Gasteiger partial charge >= 0.3 is 0 Å². The molecule has 1 unspecified atom stereocenters. The number of aryl methyl sites for hydroxylation is 2. The Hall–Kier alpha value is -1.80. The molecule has 0 aliphatic heterocycles. The summed E-state index contributed by atoms with van der Waals surface area (Å²) in [6, 6.07) is 13.8. The van der Waals surface area contributed by atoms with Crippen molar-refractivity contribution < 1.29 is 9.84 Å². The molecule has 1 atom stereocenters. The monoisotopic (exact) mass is 270 g/mol. The highest BCUT2D eigenvalue weighted by Crippen LogP contribution is 2.27. The molecule has 0 bridgehead atoms. The van der Waals surface area contributed by atoms with E-state index < -0.39 is 6.10 Å². The van der Waals surface area contributed by atoms with Gasteiger partial charge in [-0.2, -0.15) is 0 Å². The van der Waals surface area contributed by atoms with E-state index in [4.69, 9.17) is 4.74 Å². The largest absolute Gasteiger partial charge is 0.491 e. The average Bonchev–Trinajstić information content (AvgIpc) is 2.41. The van der Waals surface area contributed by atoms with E-state index in [-0.39, 0.29) is 6.10 Å². The lowest BCUT2D eigenvalue weighted by Crippen LogP contribution is -2.06. The number of hydrogen-bond acceptors (Lipinski definition) is 2. The Morgan fingerprint density at radius 3 is 2.20 bits per heavy atom. The molecule has 2 aromatic rings. The molecule has 0 aliphatic carbocycles. The molecule has 0 saturated heterocycles. The Morgan fingerprint density at radius 1 is 0.950 bits per heavy atom. The molecule has 106 valence electrons. The van der Waals surface area contributed by atoms with Gasteiger partial charge in [0.25, 0.3) is 0 Å². The molecular weight excluding hydrogens is 248 g/mol. The zero-order valence-corrected chi connectivity index (χ0v) is 12.6. The van der Waals surface area contributed by atoms with Crippen LogP contribution in [0.4, 0.5) is 0 Å². The lowest BCUT2D eigenvalue weighted by atomic mass is 9.96. The summed E-state index contributed by atoms with van der Waals surface area (Å²) >= 11 is 0. The lowest BCUT2D eigenvalue weighted by Gasteiger charge is -2.16. The van der Waals surface area contributed by atoms with Crippen molar-refractivity contribution >= 4 is 0 Å². The topological polar surface area (TPSA) is 29.5 Å². The van der Waals surface area contributed by atoms with Crippen molar-refractivity contribution in [1.29, 1.82) is 0 Å². The van der Waals surface area contributed by atoms with Crippen molar-refractivity contribution in [2.45, 2.75) is 39.9 Å². The molecule has 1 N–H and O–H groups in total. The van der Waals surface area contributed by atoms with Gasteiger partial charge in [-0.3, -0.25) is 0 Å². The summed E-state index contributed by atoms with van der Waals surface area (Å²) in [7, 11) is 0. The second-order valence-corrected chi connectivity index (χ2v) is 5.50. The summed E-state index contributed by atoms with van der Waals surface area (Å²) in [6.45, 7) is 8.06. The van der Waals surface area contributed by atoms with Crippen LogP contribution in [0.25, 0.3) is 0 Å². The molecule has 0 fully saturated rings. The molecule has 20 heavy (non-hydrogen) atoms. The van der Waals surface area contributed by atoms with Crippen LogP contribution in [-0.2, 0) is 0 Å². The normalized spacial score (nSPS) is 12.5. The van der Waals surface area contributed by atoms with Gasteiger partial charge in [0, 0.05) is 0 Å². The van der Waals surface area contributed by atoms with Gasteiger partial charge in [0.1, 0.15) is 11.9 Å². The molecule has 0 aliphatic rings. The number of aliphatic hydroxyl groups excluding tert-OH is 1. The van der Waals surface area contributed by atoms with Gasteiger partial charge < -0.3 is 9.84 Å². The van der Waals surface area contributed by atoms with Crippen LogP contribution < -0.4 is 4.74 Å². The minimum atomic E-state index is -0.594. The van der Waals surface area contributed by atoms with E-state index in [1.165, 1.54) is 0 Å². The van der Waals surface area contributed by atoms with Crippen molar-refractivity contribution in [3.05, 3.63) is 64.7 Å². The number of aliphatic hydroxyl groups is 1. The van der Waals surface area contributed by atoms with Gasteiger partial charge in [0.05, 0.1) is 6.10 Å². The van der Waals surface area contributed by atoms with E-state index in [2.05, 4.69) is 6.07 Å². The summed E-state index contributed by atoms with van der Waals surface area (Å²) in [5.41, 5.74) is 4.10. The third-order valence-electron chi connectivity index (χ3n) is 3.30. The fourth-order valence-corrected chi connectivity index (χ4v) is 2.23. The molecule has 0 aromatic heterocycles. The van der Waals surface area contributed by atoms with Crippen LogP contribution in [0.1, 0.15) is 42.2 Å². The molecule has 2 rings (SSSR count). The van der Waals surface area contributed by atoms with E-state index >= 15 is 0 Å². The third kappa shape index (κ3) is 3.40. The summed E-state index contributed by atoms with van der Waals surface area (Å²) in [5, 5.41) is 10.5. The standard InChI is InChI=1S/C18H22O2/c1-12(2)20-16-9-7-15(8-10-16)18(19)17-11-13(3)5-6-14(17)4/h5-12,18-19H,1-4H3. The molecule has 0 radical (unpaired) electrons. The maximum Gasteiger partial charge on any atom is 0.119 e. The van der Waals surface area contributed by atoms with E-state index in [9.17, 15) is 5.11 Å². The van der Waals surface area contributed by atoms with Crippen molar-refractivity contribution in [2.75, 3.05) is 0 Å². The first-order chi connectivity index (χ1) is 9.47. The quantitative estimate of drug-likeness (QED) is 0.903. The fourth-order valence-electron chi connectivity index (χ4n) is 2.23. The van der Waals surface area contributed by atoms with E-state index in [0.717, 1.165) is 28.0 Å². The predicted octanol–water partition coefficient (Wildman–Crippen LogP) is 4.17. The molecule has 2 heteroatoms. The lowest BCUT2D eigenvalue weighted by molar-refractivity contribution is 0.218. The Bertz CT molecular complexity index is 570. The number of benzene rings is 2. The summed E-state index contributed by atoms with van der Waals surface area (Å²) in [4.78, 5) is 0. The minimum Gasteiger partial charge on any atom is -0.491 e. The van der Waals surface area contributed by atoms with Crippen molar-refractivity contribution in [3.63, 3.8) is 0 Å². The highest BCUT2D eigenvalue weighted by Gasteiger charge is 2.13. The van der Waals surface area contributed by atoms with E-state index in [1.807, 2.05) is 64.1 Å². The van der Waals surface area contributed by atoms with Crippen LogP contribution in [0.15, 0.2) is 42.5 Å². The molecule has 0 spiro atoms. The van der Waals surface area contributed by atoms with E-state index in [1.54, 1.807) is 0 Å². The van der Waals surface area contributed by atoms with Crippen LogP contribution in [0, 0.1) is 13.8 Å².